The zero-order chi connectivity index (χ0) is 21.1. The van der Waals surface area contributed by atoms with Crippen LogP contribution in [0.5, 0.6) is 0 Å². The van der Waals surface area contributed by atoms with Gasteiger partial charge in [-0.3, -0.25) is 9.36 Å². The highest BCUT2D eigenvalue weighted by atomic mass is 31.2. The lowest BCUT2D eigenvalue weighted by molar-refractivity contribution is -0.146. The lowest BCUT2D eigenvalue weighted by Crippen LogP contribution is -2.41. The number of ether oxygens (including phenoxy) is 1. The van der Waals surface area contributed by atoms with E-state index < -0.39 is 24.0 Å². The van der Waals surface area contributed by atoms with Gasteiger partial charge in [0.15, 0.2) is 5.16 Å². The van der Waals surface area contributed by atoms with Crippen LogP contribution in [0.2, 0.25) is 0 Å². The minimum Gasteiger partial charge on any atom is -0.460 e. The summed E-state index contributed by atoms with van der Waals surface area (Å²) < 4.78 is 25.6. The molecule has 3 unspecified atom stereocenters. The molecule has 0 aromatic heterocycles. The molecule has 0 spiro atoms. The molecule has 1 aliphatic rings. The summed E-state index contributed by atoms with van der Waals surface area (Å²) in [4.78, 5) is 13.3. The first-order chi connectivity index (χ1) is 13.8. The van der Waals surface area contributed by atoms with Crippen LogP contribution in [0.25, 0.3) is 0 Å². The molecule has 2 aromatic rings. The van der Waals surface area contributed by atoms with Crippen molar-refractivity contribution in [1.29, 1.82) is 0 Å². The van der Waals surface area contributed by atoms with Crippen molar-refractivity contribution >= 4 is 13.3 Å². The number of benzene rings is 2. The summed E-state index contributed by atoms with van der Waals surface area (Å²) in [6.45, 7) is 7.79. The third kappa shape index (κ3) is 3.83. The highest BCUT2D eigenvalue weighted by Crippen LogP contribution is 2.76. The van der Waals surface area contributed by atoms with Gasteiger partial charge < -0.3 is 15.0 Å². The smallest absolute Gasteiger partial charge is 0.324 e. The van der Waals surface area contributed by atoms with Crippen LogP contribution in [0.3, 0.4) is 0 Å². The molecule has 0 amide bonds. The van der Waals surface area contributed by atoms with Crippen LogP contribution in [-0.2, 0) is 31.4 Å². The molecule has 1 fully saturated rings. The zero-order valence-corrected chi connectivity index (χ0v) is 17.9. The van der Waals surface area contributed by atoms with Gasteiger partial charge >= 0.3 is 5.97 Å². The molecule has 0 bridgehead atoms. The standard InChI is InChI=1S/C23H28NO4P/c1-4-22(24)17-23(22,21(25)27-15-19-12-7-6-8-13-19)29(26,28-5-2)16-20-14-10-9-11-18(20)3/h4,6-14H,1,5,15-17,24H2,2-3H3. The van der Waals surface area contributed by atoms with E-state index in [4.69, 9.17) is 15.0 Å². The van der Waals surface area contributed by atoms with Gasteiger partial charge in [0.2, 0.25) is 7.37 Å². The molecule has 2 N–H and O–H groups in total. The fourth-order valence-corrected chi connectivity index (χ4v) is 7.19. The molecule has 154 valence electrons. The van der Waals surface area contributed by atoms with Crippen LogP contribution < -0.4 is 5.73 Å². The largest absolute Gasteiger partial charge is 0.460 e. The van der Waals surface area contributed by atoms with Crippen molar-refractivity contribution in [3.05, 3.63) is 83.9 Å². The predicted molar refractivity (Wildman–Crippen MR) is 115 cm³/mol. The molecule has 1 aliphatic carbocycles. The number of nitrogens with two attached hydrogens (primary N) is 1. The van der Waals surface area contributed by atoms with Gasteiger partial charge in [-0.2, -0.15) is 0 Å². The zero-order valence-electron chi connectivity index (χ0n) is 17.0. The van der Waals surface area contributed by atoms with Gasteiger partial charge in [-0.25, -0.2) is 0 Å². The highest BCUT2D eigenvalue weighted by molar-refractivity contribution is 7.61. The summed E-state index contributed by atoms with van der Waals surface area (Å²) in [5, 5.41) is -1.42. The summed E-state index contributed by atoms with van der Waals surface area (Å²) in [7, 11) is -3.55. The lowest BCUT2D eigenvalue weighted by Gasteiger charge is -2.29. The molecule has 29 heavy (non-hydrogen) atoms. The average molecular weight is 413 g/mol. The van der Waals surface area contributed by atoms with Gasteiger partial charge in [0.05, 0.1) is 18.3 Å². The van der Waals surface area contributed by atoms with Crippen molar-refractivity contribution in [2.24, 2.45) is 5.73 Å². The first-order valence-corrected chi connectivity index (χ1v) is 11.5. The van der Waals surface area contributed by atoms with Gasteiger partial charge in [0.25, 0.3) is 0 Å². The number of hydrogen-bond donors (Lipinski definition) is 1. The van der Waals surface area contributed by atoms with Gasteiger partial charge in [0, 0.05) is 0 Å². The van der Waals surface area contributed by atoms with E-state index in [2.05, 4.69) is 6.58 Å². The molecule has 0 aliphatic heterocycles. The van der Waals surface area contributed by atoms with Crippen molar-refractivity contribution in [3.63, 3.8) is 0 Å². The maximum Gasteiger partial charge on any atom is 0.324 e. The monoisotopic (exact) mass is 413 g/mol. The van der Waals surface area contributed by atoms with E-state index in [9.17, 15) is 9.36 Å². The van der Waals surface area contributed by atoms with E-state index >= 15 is 0 Å². The molecule has 5 nitrogen and oxygen atoms in total. The molecule has 1 saturated carbocycles. The Morgan fingerprint density at radius 2 is 1.86 bits per heavy atom. The van der Waals surface area contributed by atoms with E-state index in [-0.39, 0.29) is 25.8 Å². The summed E-state index contributed by atoms with van der Waals surface area (Å²) in [6, 6.07) is 17.0. The van der Waals surface area contributed by atoms with E-state index in [0.29, 0.717) is 0 Å². The van der Waals surface area contributed by atoms with Crippen molar-refractivity contribution < 1.29 is 18.6 Å². The third-order valence-corrected chi connectivity index (χ3v) is 9.02. The number of esters is 1. The maximum atomic E-state index is 14.2. The summed E-state index contributed by atoms with van der Waals surface area (Å²) in [5.74, 6) is -0.589. The second kappa shape index (κ2) is 8.27. The predicted octanol–water partition coefficient (Wildman–Crippen LogP) is 4.58. The Bertz CT molecular complexity index is 945. The van der Waals surface area contributed by atoms with Gasteiger partial charge in [0.1, 0.15) is 6.61 Å². The van der Waals surface area contributed by atoms with E-state index in [1.54, 1.807) is 6.92 Å². The van der Waals surface area contributed by atoms with E-state index in [1.165, 1.54) is 6.08 Å². The first kappa shape index (κ1) is 21.5. The Morgan fingerprint density at radius 3 is 2.45 bits per heavy atom. The Balaban J connectivity index is 1.94. The lowest BCUT2D eigenvalue weighted by atomic mass is 10.1. The van der Waals surface area contributed by atoms with Crippen molar-refractivity contribution in [2.45, 2.75) is 43.7 Å². The van der Waals surface area contributed by atoms with Crippen LogP contribution in [-0.4, -0.2) is 23.3 Å². The van der Waals surface area contributed by atoms with Crippen LogP contribution in [0.15, 0.2) is 67.3 Å². The second-order valence-corrected chi connectivity index (χ2v) is 10.2. The fraction of sp³-hybridized carbons (Fsp3) is 0.348. The SMILES string of the molecule is C=CC1(N)CC1(C(=O)OCc1ccccc1)P(=O)(Cc1ccccc1C)OCC. The second-order valence-electron chi connectivity index (χ2n) is 7.52. The minimum atomic E-state index is -3.55. The summed E-state index contributed by atoms with van der Waals surface area (Å²) >= 11 is 0. The highest BCUT2D eigenvalue weighted by Gasteiger charge is 2.79. The Hall–Kier alpha value is -2.20. The van der Waals surface area contributed by atoms with E-state index in [1.807, 2.05) is 61.5 Å². The van der Waals surface area contributed by atoms with Gasteiger partial charge in [-0.05, 0) is 37.0 Å². The van der Waals surface area contributed by atoms with Crippen molar-refractivity contribution in [1.82, 2.24) is 0 Å². The molecule has 0 saturated heterocycles. The first-order valence-electron chi connectivity index (χ1n) is 9.74. The maximum absolute atomic E-state index is 14.2. The number of carbonyl (C=O) groups is 1. The van der Waals surface area contributed by atoms with Crippen molar-refractivity contribution in [3.8, 4) is 0 Å². The molecule has 2 aromatic carbocycles. The third-order valence-electron chi connectivity index (χ3n) is 5.67. The number of hydrogen-bond acceptors (Lipinski definition) is 5. The summed E-state index contributed by atoms with van der Waals surface area (Å²) in [6.07, 6.45) is 1.82. The van der Waals surface area contributed by atoms with Crippen LogP contribution in [0.4, 0.5) is 0 Å². The minimum absolute atomic E-state index is 0.0884. The topological polar surface area (TPSA) is 78.6 Å². The fourth-order valence-electron chi connectivity index (χ4n) is 3.81. The van der Waals surface area contributed by atoms with E-state index in [0.717, 1.165) is 16.7 Å². The summed E-state index contributed by atoms with van der Waals surface area (Å²) in [5.41, 5.74) is 8.03. The number of rotatable bonds is 9. The molecule has 3 atom stereocenters. The molecular weight excluding hydrogens is 385 g/mol. The molecule has 0 radical (unpaired) electrons. The van der Waals surface area contributed by atoms with Crippen LogP contribution in [0.1, 0.15) is 30.0 Å². The molecule has 0 heterocycles. The Morgan fingerprint density at radius 1 is 1.21 bits per heavy atom. The quantitative estimate of drug-likeness (QED) is 0.370. The normalized spacial score (nSPS) is 25.1. The molecular formula is C23H28NO4P. The Labute approximate surface area is 172 Å². The molecule has 6 heteroatoms. The van der Waals surface area contributed by atoms with Gasteiger partial charge in [-0.1, -0.05) is 60.7 Å². The Kier molecular flexibility index (Phi) is 6.13. The number of aryl methyl sites for hydroxylation is 1. The number of carbonyl (C=O) groups excluding carboxylic acids is 1. The van der Waals surface area contributed by atoms with Crippen molar-refractivity contribution in [2.75, 3.05) is 6.61 Å². The van der Waals surface area contributed by atoms with Gasteiger partial charge in [-0.15, -0.1) is 6.58 Å². The average Bonchev–Trinajstić information content (AvgIpc) is 3.37. The van der Waals surface area contributed by atoms with Crippen LogP contribution in [0, 0.1) is 6.92 Å². The molecule has 3 rings (SSSR count). The van der Waals surface area contributed by atoms with Crippen LogP contribution >= 0.6 is 7.37 Å².